The van der Waals surface area contributed by atoms with Crippen LogP contribution in [-0.4, -0.2) is 29.8 Å². The van der Waals surface area contributed by atoms with Crippen LogP contribution in [0, 0.1) is 0 Å². The summed E-state index contributed by atoms with van der Waals surface area (Å²) in [5.41, 5.74) is -0.639. The molecule has 6 heteroatoms. The lowest BCUT2D eigenvalue weighted by molar-refractivity contribution is 0.141. The van der Waals surface area contributed by atoms with Gasteiger partial charge in [0.2, 0.25) is 0 Å². The molecule has 1 heterocycles. The number of carbonyl (C=O) groups excluding carboxylic acids is 1. The van der Waals surface area contributed by atoms with Gasteiger partial charge in [0.15, 0.2) is 0 Å². The van der Waals surface area contributed by atoms with Crippen LogP contribution in [0.5, 0.6) is 0 Å². The Labute approximate surface area is 79.4 Å². The molecule has 0 bridgehead atoms. The molecule has 4 nitrogen and oxygen atoms in total. The van der Waals surface area contributed by atoms with Gasteiger partial charge in [0.05, 0.1) is 7.11 Å². The van der Waals surface area contributed by atoms with Gasteiger partial charge in [-0.15, -0.1) is 0 Å². The zero-order valence-electron chi connectivity index (χ0n) is 6.20. The Balaban J connectivity index is 2.77. The zero-order valence-corrected chi connectivity index (χ0v) is 7.71. The van der Waals surface area contributed by atoms with Crippen LogP contribution >= 0.6 is 23.2 Å². The number of halogens is 2. The van der Waals surface area contributed by atoms with E-state index in [4.69, 9.17) is 23.2 Å². The van der Waals surface area contributed by atoms with Crippen molar-refractivity contribution in [3.63, 3.8) is 0 Å². The molecule has 0 N–H and O–H groups in total. The number of carbonyl (C=O) groups is 1. The zero-order chi connectivity index (χ0) is 9.14. The summed E-state index contributed by atoms with van der Waals surface area (Å²) < 4.78 is 4.45. The molecule has 0 aromatic rings. The SMILES string of the molecule is COC(=O)N1C=C(Cl)N=CC1Cl. The van der Waals surface area contributed by atoms with Gasteiger partial charge >= 0.3 is 6.09 Å². The molecular weight excluding hydrogens is 203 g/mol. The third kappa shape index (κ3) is 1.89. The smallest absolute Gasteiger partial charge is 0.415 e. The van der Waals surface area contributed by atoms with Crippen molar-refractivity contribution in [3.05, 3.63) is 11.4 Å². The molecule has 1 aliphatic heterocycles. The molecule has 0 saturated carbocycles. The Morgan fingerprint density at radius 1 is 1.83 bits per heavy atom. The van der Waals surface area contributed by atoms with Crippen molar-refractivity contribution in [2.75, 3.05) is 7.11 Å². The van der Waals surface area contributed by atoms with Crippen LogP contribution in [-0.2, 0) is 4.74 Å². The minimum Gasteiger partial charge on any atom is -0.452 e. The van der Waals surface area contributed by atoms with Crippen LogP contribution in [0.2, 0.25) is 0 Å². The maximum atomic E-state index is 11.0. The highest BCUT2D eigenvalue weighted by Gasteiger charge is 2.22. The van der Waals surface area contributed by atoms with Crippen LogP contribution in [0.3, 0.4) is 0 Å². The summed E-state index contributed by atoms with van der Waals surface area (Å²) in [5.74, 6) is 0. The number of nitrogens with zero attached hydrogens (tertiary/aromatic N) is 2. The predicted molar refractivity (Wildman–Crippen MR) is 46.3 cm³/mol. The van der Waals surface area contributed by atoms with E-state index in [9.17, 15) is 4.79 Å². The van der Waals surface area contributed by atoms with E-state index in [1.807, 2.05) is 0 Å². The van der Waals surface area contributed by atoms with Gasteiger partial charge in [0.1, 0.15) is 10.7 Å². The van der Waals surface area contributed by atoms with Gasteiger partial charge in [0.25, 0.3) is 0 Å². The van der Waals surface area contributed by atoms with Crippen LogP contribution < -0.4 is 0 Å². The minimum absolute atomic E-state index is 0.192. The molecule has 66 valence electrons. The van der Waals surface area contributed by atoms with E-state index in [0.717, 1.165) is 4.90 Å². The summed E-state index contributed by atoms with van der Waals surface area (Å²) in [5, 5.41) is 0.192. The predicted octanol–water partition coefficient (Wildman–Crippen LogP) is 1.74. The monoisotopic (exact) mass is 208 g/mol. The lowest BCUT2D eigenvalue weighted by Crippen LogP contribution is -2.35. The maximum absolute atomic E-state index is 11.0. The normalized spacial score (nSPS) is 22.1. The van der Waals surface area contributed by atoms with Gasteiger partial charge in [-0.05, 0) is 0 Å². The number of ether oxygens (including phenoxy) is 1. The van der Waals surface area contributed by atoms with Crippen LogP contribution in [0.1, 0.15) is 0 Å². The van der Waals surface area contributed by atoms with E-state index >= 15 is 0 Å². The third-order valence-corrected chi connectivity index (χ3v) is 1.74. The van der Waals surface area contributed by atoms with E-state index in [-0.39, 0.29) is 5.16 Å². The molecule has 1 rings (SSSR count). The largest absolute Gasteiger partial charge is 0.452 e. The second kappa shape index (κ2) is 3.78. The molecule has 1 amide bonds. The maximum Gasteiger partial charge on any atom is 0.415 e. The fraction of sp³-hybridized carbons (Fsp3) is 0.333. The molecule has 0 fully saturated rings. The second-order valence-electron chi connectivity index (χ2n) is 1.98. The highest BCUT2D eigenvalue weighted by molar-refractivity contribution is 6.32. The van der Waals surface area contributed by atoms with Crippen molar-refractivity contribution in [2.24, 2.45) is 4.99 Å². The number of alkyl halides is 1. The molecule has 0 aromatic heterocycles. The van der Waals surface area contributed by atoms with Crippen molar-refractivity contribution in [2.45, 2.75) is 5.50 Å². The first-order valence-corrected chi connectivity index (χ1v) is 3.88. The highest BCUT2D eigenvalue weighted by atomic mass is 35.5. The van der Waals surface area contributed by atoms with Gasteiger partial charge in [-0.1, -0.05) is 23.2 Å². The molecule has 1 unspecified atom stereocenters. The summed E-state index contributed by atoms with van der Waals surface area (Å²) in [6, 6.07) is 0. The lowest BCUT2D eigenvalue weighted by Gasteiger charge is -2.21. The second-order valence-corrected chi connectivity index (χ2v) is 2.81. The number of rotatable bonds is 0. The summed E-state index contributed by atoms with van der Waals surface area (Å²) >= 11 is 11.2. The Morgan fingerprint density at radius 3 is 3.08 bits per heavy atom. The summed E-state index contributed by atoms with van der Waals surface area (Å²) in [4.78, 5) is 15.8. The number of aliphatic imine (C=N–C) groups is 1. The summed E-state index contributed by atoms with van der Waals surface area (Å²) in [6.45, 7) is 0. The fourth-order valence-corrected chi connectivity index (χ4v) is 1.04. The van der Waals surface area contributed by atoms with Gasteiger partial charge in [-0.25, -0.2) is 9.79 Å². The van der Waals surface area contributed by atoms with Crippen LogP contribution in [0.25, 0.3) is 0 Å². The van der Waals surface area contributed by atoms with Crippen molar-refractivity contribution >= 4 is 35.5 Å². The molecule has 0 saturated heterocycles. The number of amides is 1. The van der Waals surface area contributed by atoms with Gasteiger partial charge < -0.3 is 4.74 Å². The Bertz CT molecular complexity index is 252. The first-order valence-electron chi connectivity index (χ1n) is 3.07. The van der Waals surface area contributed by atoms with E-state index < -0.39 is 11.6 Å². The molecule has 0 radical (unpaired) electrons. The molecular formula is C6H6Cl2N2O2. The van der Waals surface area contributed by atoms with Crippen molar-refractivity contribution < 1.29 is 9.53 Å². The van der Waals surface area contributed by atoms with Crippen molar-refractivity contribution in [1.29, 1.82) is 0 Å². The van der Waals surface area contributed by atoms with Crippen LogP contribution in [0.4, 0.5) is 4.79 Å². The fourth-order valence-electron chi connectivity index (χ4n) is 0.683. The van der Waals surface area contributed by atoms with E-state index in [1.54, 1.807) is 0 Å². The topological polar surface area (TPSA) is 41.9 Å². The standard InChI is InChI=1S/C6H6Cl2N2O2/c1-12-6(11)10-3-4(7)9-2-5(10)8/h2-3,5H,1H3. The molecule has 0 aliphatic carbocycles. The quantitative estimate of drug-likeness (QED) is 0.450. The average molecular weight is 209 g/mol. The first kappa shape index (κ1) is 9.35. The van der Waals surface area contributed by atoms with Crippen molar-refractivity contribution in [1.82, 2.24) is 4.90 Å². The Morgan fingerprint density at radius 2 is 2.50 bits per heavy atom. The molecule has 0 aromatic carbocycles. The Hall–Kier alpha value is -0.740. The van der Waals surface area contributed by atoms with Crippen molar-refractivity contribution in [3.8, 4) is 0 Å². The van der Waals surface area contributed by atoms with E-state index in [0.29, 0.717) is 0 Å². The minimum atomic E-state index is -0.639. The number of hydrogen-bond acceptors (Lipinski definition) is 3. The molecule has 12 heavy (non-hydrogen) atoms. The van der Waals surface area contributed by atoms with Gasteiger partial charge in [0, 0.05) is 12.4 Å². The molecule has 1 aliphatic rings. The third-order valence-electron chi connectivity index (χ3n) is 1.22. The molecule has 1 atom stereocenters. The van der Waals surface area contributed by atoms with Gasteiger partial charge in [-0.3, -0.25) is 4.90 Å². The van der Waals surface area contributed by atoms with E-state index in [2.05, 4.69) is 9.73 Å². The first-order chi connectivity index (χ1) is 5.65. The number of methoxy groups -OCH3 is 1. The van der Waals surface area contributed by atoms with E-state index in [1.165, 1.54) is 19.5 Å². The van der Waals surface area contributed by atoms with Gasteiger partial charge in [-0.2, -0.15) is 0 Å². The van der Waals surface area contributed by atoms with Crippen LogP contribution in [0.15, 0.2) is 16.3 Å². The average Bonchev–Trinajstić information content (AvgIpc) is 2.08. The lowest BCUT2D eigenvalue weighted by atomic mass is 10.5. The summed E-state index contributed by atoms with van der Waals surface area (Å²) in [6.07, 6.45) is 2.09. The Kier molecular flexibility index (Phi) is 2.94. The highest BCUT2D eigenvalue weighted by Crippen LogP contribution is 2.16. The number of hydrogen-bond donors (Lipinski definition) is 0. The summed E-state index contributed by atoms with van der Waals surface area (Å²) in [7, 11) is 1.26. The molecule has 0 spiro atoms.